The number of benzene rings is 1. The van der Waals surface area contributed by atoms with Gasteiger partial charge in [0, 0.05) is 23.7 Å². The van der Waals surface area contributed by atoms with Gasteiger partial charge in [0.05, 0.1) is 0 Å². The first-order valence-electron chi connectivity index (χ1n) is 6.56. The van der Waals surface area contributed by atoms with Gasteiger partial charge in [0.2, 0.25) is 0 Å². The van der Waals surface area contributed by atoms with E-state index in [1.165, 1.54) is 11.1 Å². The largest absolute Gasteiger partial charge is 0.329 e. The second-order valence-electron chi connectivity index (χ2n) is 5.40. The van der Waals surface area contributed by atoms with E-state index in [0.717, 1.165) is 5.02 Å². The Morgan fingerprint density at radius 3 is 2.33 bits per heavy atom. The normalized spacial score (nSPS) is 15.2. The Bertz CT molecular complexity index is 390. The molecule has 2 unspecified atom stereocenters. The summed E-state index contributed by atoms with van der Waals surface area (Å²) in [5.41, 5.74) is 8.46. The Balaban J connectivity index is 3.02. The minimum absolute atomic E-state index is 0.250. The van der Waals surface area contributed by atoms with Crippen molar-refractivity contribution in [1.82, 2.24) is 4.90 Å². The lowest BCUT2D eigenvalue weighted by Gasteiger charge is -2.35. The molecule has 18 heavy (non-hydrogen) atoms. The van der Waals surface area contributed by atoms with Gasteiger partial charge in [-0.05, 0) is 50.1 Å². The fraction of sp³-hybridized carbons (Fsp3) is 0.600. The van der Waals surface area contributed by atoms with Gasteiger partial charge in [-0.2, -0.15) is 0 Å². The summed E-state index contributed by atoms with van der Waals surface area (Å²) in [6, 6.07) is 6.79. The molecule has 0 aromatic heterocycles. The van der Waals surface area contributed by atoms with Gasteiger partial charge >= 0.3 is 0 Å². The van der Waals surface area contributed by atoms with Gasteiger partial charge in [-0.3, -0.25) is 4.90 Å². The van der Waals surface area contributed by atoms with Crippen molar-refractivity contribution in [3.63, 3.8) is 0 Å². The van der Waals surface area contributed by atoms with E-state index in [4.69, 9.17) is 17.3 Å². The van der Waals surface area contributed by atoms with Crippen LogP contribution in [-0.4, -0.2) is 24.5 Å². The number of nitrogens with zero attached hydrogens (tertiary/aromatic N) is 1. The summed E-state index contributed by atoms with van der Waals surface area (Å²) in [6.45, 7) is 9.44. The number of hydrogen-bond acceptors (Lipinski definition) is 2. The van der Waals surface area contributed by atoms with Crippen molar-refractivity contribution < 1.29 is 0 Å². The molecule has 0 saturated heterocycles. The molecule has 0 fully saturated rings. The van der Waals surface area contributed by atoms with Crippen LogP contribution in [0.4, 0.5) is 0 Å². The second kappa shape index (κ2) is 6.55. The minimum Gasteiger partial charge on any atom is -0.329 e. The minimum atomic E-state index is 0.250. The number of nitrogens with two attached hydrogens (primary N) is 1. The Morgan fingerprint density at radius 2 is 1.89 bits per heavy atom. The first-order chi connectivity index (χ1) is 8.38. The van der Waals surface area contributed by atoms with E-state index < -0.39 is 0 Å². The highest BCUT2D eigenvalue weighted by Crippen LogP contribution is 2.27. The first kappa shape index (κ1) is 15.5. The van der Waals surface area contributed by atoms with Gasteiger partial charge in [-0.1, -0.05) is 31.5 Å². The summed E-state index contributed by atoms with van der Waals surface area (Å²) in [5, 5.41) is 0.784. The summed E-state index contributed by atoms with van der Waals surface area (Å²) in [6.07, 6.45) is 0. The Morgan fingerprint density at radius 1 is 1.28 bits per heavy atom. The van der Waals surface area contributed by atoms with E-state index in [1.807, 2.05) is 12.1 Å². The quantitative estimate of drug-likeness (QED) is 0.884. The lowest BCUT2D eigenvalue weighted by molar-refractivity contribution is 0.151. The molecular weight excluding hydrogens is 244 g/mol. The summed E-state index contributed by atoms with van der Waals surface area (Å²) in [7, 11) is 2.15. The summed E-state index contributed by atoms with van der Waals surface area (Å²) < 4.78 is 0. The van der Waals surface area contributed by atoms with E-state index in [-0.39, 0.29) is 6.04 Å². The van der Waals surface area contributed by atoms with Gasteiger partial charge in [0.1, 0.15) is 0 Å². The van der Waals surface area contributed by atoms with E-state index in [0.29, 0.717) is 18.5 Å². The van der Waals surface area contributed by atoms with Gasteiger partial charge < -0.3 is 5.73 Å². The van der Waals surface area contributed by atoms with Crippen LogP contribution in [0.1, 0.15) is 37.9 Å². The number of halogens is 1. The van der Waals surface area contributed by atoms with Crippen LogP contribution in [0.5, 0.6) is 0 Å². The zero-order chi connectivity index (χ0) is 13.9. The molecule has 0 aliphatic carbocycles. The van der Waals surface area contributed by atoms with Gasteiger partial charge in [-0.25, -0.2) is 0 Å². The summed E-state index contributed by atoms with van der Waals surface area (Å²) in [5.74, 6) is 0.608. The fourth-order valence-electron chi connectivity index (χ4n) is 2.28. The zero-order valence-electron chi connectivity index (χ0n) is 12.1. The molecule has 0 aliphatic rings. The molecule has 102 valence electrons. The SMILES string of the molecule is Cc1cc(Cl)ccc1C(CN)N(C)C(C)C(C)C. The maximum atomic E-state index is 6.01. The molecule has 3 heteroatoms. The molecule has 2 N–H and O–H groups in total. The molecular formula is C15H25ClN2. The molecule has 1 aromatic carbocycles. The monoisotopic (exact) mass is 268 g/mol. The van der Waals surface area contributed by atoms with Crippen molar-refractivity contribution in [2.75, 3.05) is 13.6 Å². The average Bonchev–Trinajstić information content (AvgIpc) is 2.31. The molecule has 0 amide bonds. The van der Waals surface area contributed by atoms with Crippen LogP contribution >= 0.6 is 11.6 Å². The van der Waals surface area contributed by atoms with E-state index >= 15 is 0 Å². The third kappa shape index (κ3) is 3.47. The number of rotatable bonds is 5. The Kier molecular flexibility index (Phi) is 5.64. The van der Waals surface area contributed by atoms with Crippen molar-refractivity contribution in [1.29, 1.82) is 0 Å². The van der Waals surface area contributed by atoms with Gasteiger partial charge in [0.25, 0.3) is 0 Å². The van der Waals surface area contributed by atoms with Gasteiger partial charge in [-0.15, -0.1) is 0 Å². The van der Waals surface area contributed by atoms with Crippen LogP contribution in [0.3, 0.4) is 0 Å². The van der Waals surface area contributed by atoms with E-state index in [2.05, 4.69) is 45.7 Å². The number of likely N-dealkylation sites (N-methyl/N-ethyl adjacent to an activating group) is 1. The van der Waals surface area contributed by atoms with Crippen molar-refractivity contribution in [2.45, 2.75) is 39.8 Å². The second-order valence-corrected chi connectivity index (χ2v) is 5.84. The van der Waals surface area contributed by atoms with Crippen molar-refractivity contribution in [3.05, 3.63) is 34.3 Å². The Labute approximate surface area is 116 Å². The molecule has 1 rings (SSSR count). The van der Waals surface area contributed by atoms with Crippen LogP contribution in [0.2, 0.25) is 5.02 Å². The van der Waals surface area contributed by atoms with Crippen molar-refractivity contribution in [3.8, 4) is 0 Å². The molecule has 0 aliphatic heterocycles. The molecule has 1 aromatic rings. The predicted octanol–water partition coefficient (Wildman–Crippen LogP) is 3.62. The summed E-state index contributed by atoms with van der Waals surface area (Å²) in [4.78, 5) is 2.36. The van der Waals surface area contributed by atoms with Crippen LogP contribution in [0, 0.1) is 12.8 Å². The molecule has 0 spiro atoms. The van der Waals surface area contributed by atoms with Crippen LogP contribution < -0.4 is 5.73 Å². The third-order valence-corrected chi connectivity index (χ3v) is 4.15. The number of aryl methyl sites for hydroxylation is 1. The number of hydrogen-bond donors (Lipinski definition) is 1. The summed E-state index contributed by atoms with van der Waals surface area (Å²) >= 11 is 6.01. The predicted molar refractivity (Wildman–Crippen MR) is 80.0 cm³/mol. The van der Waals surface area contributed by atoms with E-state index in [9.17, 15) is 0 Å². The highest BCUT2D eigenvalue weighted by molar-refractivity contribution is 6.30. The first-order valence-corrected chi connectivity index (χ1v) is 6.94. The van der Waals surface area contributed by atoms with Crippen LogP contribution in [-0.2, 0) is 0 Å². The van der Waals surface area contributed by atoms with Crippen LogP contribution in [0.15, 0.2) is 18.2 Å². The maximum Gasteiger partial charge on any atom is 0.0472 e. The van der Waals surface area contributed by atoms with Gasteiger partial charge in [0.15, 0.2) is 0 Å². The van der Waals surface area contributed by atoms with Crippen molar-refractivity contribution in [2.24, 2.45) is 11.7 Å². The molecule has 0 bridgehead atoms. The van der Waals surface area contributed by atoms with Crippen molar-refractivity contribution >= 4 is 11.6 Å². The maximum absolute atomic E-state index is 6.01. The highest BCUT2D eigenvalue weighted by atomic mass is 35.5. The smallest absolute Gasteiger partial charge is 0.0472 e. The van der Waals surface area contributed by atoms with Crippen LogP contribution in [0.25, 0.3) is 0 Å². The standard InChI is InChI=1S/C15H25ClN2/c1-10(2)12(4)18(5)15(9-17)14-7-6-13(16)8-11(14)3/h6-8,10,12,15H,9,17H2,1-5H3. The lowest BCUT2D eigenvalue weighted by atomic mass is 9.96. The zero-order valence-corrected chi connectivity index (χ0v) is 12.8. The third-order valence-electron chi connectivity index (χ3n) is 3.91. The molecule has 0 heterocycles. The highest BCUT2D eigenvalue weighted by Gasteiger charge is 2.23. The fourth-order valence-corrected chi connectivity index (χ4v) is 2.51. The van der Waals surface area contributed by atoms with E-state index in [1.54, 1.807) is 0 Å². The molecule has 0 radical (unpaired) electrons. The Hall–Kier alpha value is -0.570. The average molecular weight is 269 g/mol. The molecule has 2 atom stereocenters. The molecule has 0 saturated carbocycles. The topological polar surface area (TPSA) is 29.3 Å². The molecule has 2 nitrogen and oxygen atoms in total. The lowest BCUT2D eigenvalue weighted by Crippen LogP contribution is -2.40.